The summed E-state index contributed by atoms with van der Waals surface area (Å²) >= 11 is 0. The maximum atomic E-state index is 14.0. The van der Waals surface area contributed by atoms with E-state index in [1.54, 1.807) is 4.90 Å². The van der Waals surface area contributed by atoms with Gasteiger partial charge in [0.05, 0.1) is 10.9 Å². The number of halogens is 3. The molecular weight excluding hydrogens is 655 g/mol. The minimum absolute atomic E-state index is 0.133. The molecule has 2 aliphatic heterocycles. The number of amides is 2. The highest BCUT2D eigenvalue weighted by atomic mass is 19.4. The Labute approximate surface area is 291 Å². The fraction of sp³-hybridized carbons (Fsp3) is 0.200. The van der Waals surface area contributed by atoms with Gasteiger partial charge < -0.3 is 14.9 Å². The summed E-state index contributed by atoms with van der Waals surface area (Å²) in [6, 6.07) is 37.6. The van der Waals surface area contributed by atoms with Crippen molar-refractivity contribution in [3.63, 3.8) is 0 Å². The third kappa shape index (κ3) is 5.22. The Balaban J connectivity index is 1.39. The zero-order valence-electron chi connectivity index (χ0n) is 27.3. The number of benzene rings is 4. The number of pyridine rings is 1. The van der Waals surface area contributed by atoms with E-state index in [9.17, 15) is 27.9 Å². The summed E-state index contributed by atoms with van der Waals surface area (Å²) in [6.07, 6.45) is -3.66. The summed E-state index contributed by atoms with van der Waals surface area (Å²) in [5.41, 5.74) is 1.45. The van der Waals surface area contributed by atoms with Crippen molar-refractivity contribution >= 4 is 28.6 Å². The van der Waals surface area contributed by atoms with Gasteiger partial charge in [0.2, 0.25) is 5.91 Å². The molecule has 2 aromatic heterocycles. The Morgan fingerprint density at radius 2 is 1.35 bits per heavy atom. The Morgan fingerprint density at radius 3 is 1.90 bits per heavy atom. The number of anilines is 1. The maximum absolute atomic E-state index is 14.0. The van der Waals surface area contributed by atoms with Crippen molar-refractivity contribution in [3.8, 4) is 11.3 Å². The van der Waals surface area contributed by atoms with Crippen molar-refractivity contribution < 1.29 is 27.9 Å². The number of fused-ring (bicyclic) bond motifs is 1. The highest BCUT2D eigenvalue weighted by Gasteiger charge is 2.52. The second-order valence-corrected chi connectivity index (χ2v) is 13.1. The summed E-state index contributed by atoms with van der Waals surface area (Å²) in [6.45, 7) is 0.805. The lowest BCUT2D eigenvalue weighted by atomic mass is 9.77. The molecule has 2 saturated heterocycles. The molecule has 1 atom stereocenters. The average Bonchev–Trinajstić information content (AvgIpc) is 3.86. The van der Waals surface area contributed by atoms with Crippen LogP contribution in [0.3, 0.4) is 0 Å². The molecule has 51 heavy (non-hydrogen) atoms. The molecule has 1 spiro atoms. The van der Waals surface area contributed by atoms with Crippen LogP contribution in [0.4, 0.5) is 23.7 Å². The molecule has 0 saturated carbocycles. The number of hydrogen-bond acceptors (Lipinski definition) is 4. The number of rotatable bonds is 6. The Kier molecular flexibility index (Phi) is 7.66. The molecule has 6 aromatic rings. The molecule has 2 fully saturated rings. The number of carboxylic acid groups (broad SMARTS) is 1. The van der Waals surface area contributed by atoms with E-state index >= 15 is 0 Å². The smallest absolute Gasteiger partial charge is 0.433 e. The van der Waals surface area contributed by atoms with Crippen LogP contribution in [-0.4, -0.2) is 56.4 Å². The normalized spacial score (nSPS) is 17.9. The van der Waals surface area contributed by atoms with Gasteiger partial charge in [-0.1, -0.05) is 91.0 Å². The topological polar surface area (TPSA) is 91.6 Å². The third-order valence-corrected chi connectivity index (χ3v) is 10.3. The fourth-order valence-electron chi connectivity index (χ4n) is 7.86. The molecule has 1 unspecified atom stereocenters. The molecule has 0 bridgehead atoms. The molecule has 256 valence electrons. The van der Waals surface area contributed by atoms with E-state index in [1.807, 2.05) is 114 Å². The molecule has 2 aliphatic rings. The summed E-state index contributed by atoms with van der Waals surface area (Å²) < 4.78 is 43.9. The quantitative estimate of drug-likeness (QED) is 0.179. The van der Waals surface area contributed by atoms with Gasteiger partial charge in [0.15, 0.2) is 0 Å². The molecule has 4 aromatic carbocycles. The van der Waals surface area contributed by atoms with Crippen LogP contribution in [0, 0.1) is 5.41 Å². The third-order valence-electron chi connectivity index (χ3n) is 10.3. The lowest BCUT2D eigenvalue weighted by molar-refractivity contribution is -0.141. The van der Waals surface area contributed by atoms with Gasteiger partial charge in [-0.15, -0.1) is 0 Å². The number of alkyl halides is 3. The van der Waals surface area contributed by atoms with E-state index in [-0.39, 0.29) is 24.6 Å². The van der Waals surface area contributed by atoms with Gasteiger partial charge in [0.1, 0.15) is 16.9 Å². The number of carbonyl (C=O) groups excluding carboxylic acids is 1. The number of hydrogen-bond donors (Lipinski definition) is 1. The van der Waals surface area contributed by atoms with Crippen molar-refractivity contribution in [2.24, 2.45) is 5.41 Å². The summed E-state index contributed by atoms with van der Waals surface area (Å²) in [5.74, 6) is -0.157. The molecular formula is C40H32F3N5O3. The first-order valence-electron chi connectivity index (χ1n) is 16.7. The van der Waals surface area contributed by atoms with Crippen molar-refractivity contribution in [1.29, 1.82) is 0 Å². The van der Waals surface area contributed by atoms with Crippen LogP contribution in [0.1, 0.15) is 35.2 Å². The van der Waals surface area contributed by atoms with Crippen LogP contribution in [0.2, 0.25) is 0 Å². The fourth-order valence-corrected chi connectivity index (χ4v) is 7.86. The monoisotopic (exact) mass is 687 g/mol. The Morgan fingerprint density at radius 1 is 0.765 bits per heavy atom. The molecule has 11 heteroatoms. The maximum Gasteiger partial charge on any atom is 0.433 e. The number of nitrogens with zero attached hydrogens (tertiary/aromatic N) is 5. The van der Waals surface area contributed by atoms with Crippen LogP contribution < -0.4 is 4.90 Å². The van der Waals surface area contributed by atoms with Gasteiger partial charge in [0.25, 0.3) is 0 Å². The zero-order valence-corrected chi connectivity index (χ0v) is 27.3. The van der Waals surface area contributed by atoms with Crippen LogP contribution in [0.5, 0.6) is 0 Å². The van der Waals surface area contributed by atoms with Crippen molar-refractivity contribution in [2.75, 3.05) is 24.5 Å². The van der Waals surface area contributed by atoms with E-state index in [1.165, 1.54) is 11.0 Å². The largest absolute Gasteiger partial charge is 0.465 e. The summed E-state index contributed by atoms with van der Waals surface area (Å²) in [7, 11) is 0. The number of carbonyl (C=O) groups is 2. The zero-order chi connectivity index (χ0) is 35.4. The van der Waals surface area contributed by atoms with Crippen LogP contribution in [-0.2, 0) is 16.5 Å². The lowest BCUT2D eigenvalue weighted by Crippen LogP contribution is -2.38. The van der Waals surface area contributed by atoms with E-state index in [2.05, 4.69) is 4.98 Å². The molecule has 0 radical (unpaired) electrons. The SMILES string of the molecule is O=C(O)N1CCC2(CCN(c3ccc4c(c3)c(-c3ccnc(C(F)(F)F)c3)nn4C(c3ccccc3)(c3ccccc3)c3ccccc3)C2=O)C1. The summed E-state index contributed by atoms with van der Waals surface area (Å²) in [4.78, 5) is 32.3. The predicted octanol–water partition coefficient (Wildman–Crippen LogP) is 8.06. The van der Waals surface area contributed by atoms with Gasteiger partial charge >= 0.3 is 12.3 Å². The second-order valence-electron chi connectivity index (χ2n) is 13.1. The lowest BCUT2D eigenvalue weighted by Gasteiger charge is -2.37. The van der Waals surface area contributed by atoms with Gasteiger partial charge in [-0.25, -0.2) is 9.48 Å². The van der Waals surface area contributed by atoms with Crippen molar-refractivity contribution in [3.05, 3.63) is 150 Å². The Hall–Kier alpha value is -5.97. The van der Waals surface area contributed by atoms with Crippen LogP contribution in [0.25, 0.3) is 22.2 Å². The first-order valence-corrected chi connectivity index (χ1v) is 16.7. The van der Waals surface area contributed by atoms with Gasteiger partial charge in [-0.2, -0.15) is 18.3 Å². The standard InChI is InChI=1S/C40H32F3N5O3/c41-40(42,43)34-24-27(18-21-44-34)35-32-25-31(47-23-20-38(36(47)49)19-22-46(26-38)37(50)51)16-17-33(32)48(45-35)39(28-10-4-1-5-11-28,29-12-6-2-7-13-29)30-14-8-3-9-15-30/h1-18,21,24-25H,19-20,22-23,26H2,(H,50,51). The van der Waals surface area contributed by atoms with E-state index in [4.69, 9.17) is 5.10 Å². The number of likely N-dealkylation sites (tertiary alicyclic amines) is 1. The highest BCUT2D eigenvalue weighted by Crippen LogP contribution is 2.47. The highest BCUT2D eigenvalue weighted by molar-refractivity contribution is 6.04. The molecule has 2 amide bonds. The molecule has 1 N–H and O–H groups in total. The van der Waals surface area contributed by atoms with Crippen molar-refractivity contribution in [2.45, 2.75) is 24.6 Å². The predicted molar refractivity (Wildman–Crippen MR) is 186 cm³/mol. The van der Waals surface area contributed by atoms with E-state index in [0.29, 0.717) is 41.7 Å². The second kappa shape index (κ2) is 12.1. The van der Waals surface area contributed by atoms with E-state index < -0.39 is 28.9 Å². The van der Waals surface area contributed by atoms with Gasteiger partial charge in [-0.3, -0.25) is 9.78 Å². The Bertz CT molecular complexity index is 2160. The molecule has 8 rings (SSSR count). The first kappa shape index (κ1) is 32.2. The van der Waals surface area contributed by atoms with Gasteiger partial charge in [0, 0.05) is 42.5 Å². The van der Waals surface area contributed by atoms with E-state index in [0.717, 1.165) is 29.0 Å². The average molecular weight is 688 g/mol. The van der Waals surface area contributed by atoms with Gasteiger partial charge in [-0.05, 0) is 59.9 Å². The van der Waals surface area contributed by atoms with Crippen LogP contribution >= 0.6 is 0 Å². The van der Waals surface area contributed by atoms with Crippen molar-refractivity contribution in [1.82, 2.24) is 19.7 Å². The molecule has 0 aliphatic carbocycles. The minimum Gasteiger partial charge on any atom is -0.465 e. The molecule has 8 nitrogen and oxygen atoms in total. The first-order chi connectivity index (χ1) is 24.6. The van der Waals surface area contributed by atoms with Crippen LogP contribution in [0.15, 0.2) is 128 Å². The summed E-state index contributed by atoms with van der Waals surface area (Å²) in [5, 5.41) is 15.4. The molecule has 4 heterocycles. The number of aromatic nitrogens is 3. The minimum atomic E-state index is -4.68.